The van der Waals surface area contributed by atoms with Crippen molar-refractivity contribution in [3.05, 3.63) is 34.1 Å². The first-order valence-corrected chi connectivity index (χ1v) is 7.47. The summed E-state index contributed by atoms with van der Waals surface area (Å²) in [4.78, 5) is 35.5. The van der Waals surface area contributed by atoms with Crippen LogP contribution in [0.2, 0.25) is 0 Å². The fraction of sp³-hybridized carbons (Fsp3) is 0.250. The van der Waals surface area contributed by atoms with Gasteiger partial charge in [0.1, 0.15) is 5.82 Å². The molecule has 0 spiro atoms. The van der Waals surface area contributed by atoms with Gasteiger partial charge in [-0.3, -0.25) is 19.3 Å². The summed E-state index contributed by atoms with van der Waals surface area (Å²) in [5.41, 5.74) is -0.0900. The highest BCUT2D eigenvalue weighted by Gasteiger charge is 2.29. The Morgan fingerprint density at radius 2 is 2.20 bits per heavy atom. The molecular formula is C12H10BrFN2O3S. The SMILES string of the molecule is O=C(NCCN1C(=O)CSC1=O)c1cc(Br)ccc1F. The van der Waals surface area contributed by atoms with Crippen LogP contribution < -0.4 is 5.32 Å². The molecule has 0 aromatic heterocycles. The molecule has 2 rings (SSSR count). The van der Waals surface area contributed by atoms with Gasteiger partial charge in [0.15, 0.2) is 0 Å². The first kappa shape index (κ1) is 15.0. The molecule has 0 aliphatic carbocycles. The van der Waals surface area contributed by atoms with Gasteiger partial charge in [0.25, 0.3) is 11.1 Å². The zero-order valence-corrected chi connectivity index (χ0v) is 12.6. The molecule has 1 aliphatic heterocycles. The Labute approximate surface area is 127 Å². The molecule has 0 saturated carbocycles. The molecule has 1 aromatic carbocycles. The maximum Gasteiger partial charge on any atom is 0.288 e. The molecule has 5 nitrogen and oxygen atoms in total. The van der Waals surface area contributed by atoms with Gasteiger partial charge in [0.2, 0.25) is 5.91 Å². The van der Waals surface area contributed by atoms with Crippen LogP contribution in [0.1, 0.15) is 10.4 Å². The van der Waals surface area contributed by atoms with Gasteiger partial charge in [-0.05, 0) is 18.2 Å². The van der Waals surface area contributed by atoms with Gasteiger partial charge >= 0.3 is 0 Å². The molecule has 0 radical (unpaired) electrons. The molecule has 3 amide bonds. The van der Waals surface area contributed by atoms with E-state index in [1.165, 1.54) is 18.2 Å². The van der Waals surface area contributed by atoms with Crippen molar-refractivity contribution in [2.24, 2.45) is 0 Å². The van der Waals surface area contributed by atoms with E-state index < -0.39 is 11.7 Å². The first-order valence-electron chi connectivity index (χ1n) is 5.69. The Bertz CT molecular complexity index is 566. The van der Waals surface area contributed by atoms with Crippen LogP contribution in [-0.4, -0.2) is 40.8 Å². The molecular weight excluding hydrogens is 351 g/mol. The van der Waals surface area contributed by atoms with E-state index in [-0.39, 0.29) is 35.6 Å². The average Bonchev–Trinajstić information content (AvgIpc) is 2.73. The maximum atomic E-state index is 13.5. The zero-order chi connectivity index (χ0) is 14.7. The predicted molar refractivity (Wildman–Crippen MR) is 76.0 cm³/mol. The minimum Gasteiger partial charge on any atom is -0.350 e. The number of imide groups is 1. The lowest BCUT2D eigenvalue weighted by molar-refractivity contribution is -0.124. The summed E-state index contributed by atoms with van der Waals surface area (Å²) >= 11 is 4.09. The first-order chi connectivity index (χ1) is 9.49. The summed E-state index contributed by atoms with van der Waals surface area (Å²) in [6.07, 6.45) is 0. The third-order valence-electron chi connectivity index (χ3n) is 2.63. The molecule has 1 aromatic rings. The Kier molecular flexibility index (Phi) is 4.77. The van der Waals surface area contributed by atoms with Crippen molar-refractivity contribution in [1.82, 2.24) is 10.2 Å². The Morgan fingerprint density at radius 3 is 2.85 bits per heavy atom. The number of nitrogens with one attached hydrogen (secondary N) is 1. The third-order valence-corrected chi connectivity index (χ3v) is 3.99. The van der Waals surface area contributed by atoms with E-state index in [4.69, 9.17) is 0 Å². The molecule has 0 bridgehead atoms. The highest BCUT2D eigenvalue weighted by Crippen LogP contribution is 2.18. The highest BCUT2D eigenvalue weighted by molar-refractivity contribution is 9.10. The van der Waals surface area contributed by atoms with Gasteiger partial charge in [-0.25, -0.2) is 4.39 Å². The predicted octanol–water partition coefficient (Wildman–Crippen LogP) is 2.01. The third kappa shape index (κ3) is 3.37. The Morgan fingerprint density at radius 1 is 1.45 bits per heavy atom. The van der Waals surface area contributed by atoms with Crippen molar-refractivity contribution in [3.63, 3.8) is 0 Å². The van der Waals surface area contributed by atoms with Gasteiger partial charge < -0.3 is 5.32 Å². The van der Waals surface area contributed by atoms with Crippen molar-refractivity contribution in [2.75, 3.05) is 18.8 Å². The summed E-state index contributed by atoms with van der Waals surface area (Å²) in [5, 5.41) is 2.16. The number of hydrogen-bond donors (Lipinski definition) is 1. The molecule has 0 atom stereocenters. The number of thioether (sulfide) groups is 1. The lowest BCUT2D eigenvalue weighted by atomic mass is 10.2. The average molecular weight is 361 g/mol. The van der Waals surface area contributed by atoms with E-state index in [1.54, 1.807) is 0 Å². The number of nitrogens with zero attached hydrogens (tertiary/aromatic N) is 1. The second-order valence-corrected chi connectivity index (χ2v) is 5.82. The summed E-state index contributed by atoms with van der Waals surface area (Å²) in [6.45, 7) is 0.175. The minimum atomic E-state index is -0.630. The molecule has 106 valence electrons. The van der Waals surface area contributed by atoms with Gasteiger partial charge in [0.05, 0.1) is 11.3 Å². The normalized spacial score (nSPS) is 14.8. The van der Waals surface area contributed by atoms with Crippen LogP contribution in [0.3, 0.4) is 0 Å². The van der Waals surface area contributed by atoms with Crippen LogP contribution in [0.4, 0.5) is 9.18 Å². The monoisotopic (exact) mass is 360 g/mol. The number of amides is 3. The van der Waals surface area contributed by atoms with Gasteiger partial charge in [-0.15, -0.1) is 0 Å². The highest BCUT2D eigenvalue weighted by atomic mass is 79.9. The number of carbonyl (C=O) groups is 3. The Balaban J connectivity index is 1.91. The van der Waals surface area contributed by atoms with Crippen molar-refractivity contribution in [3.8, 4) is 0 Å². The van der Waals surface area contributed by atoms with Gasteiger partial charge in [-0.2, -0.15) is 0 Å². The fourth-order valence-electron chi connectivity index (χ4n) is 1.65. The Hall–Kier alpha value is -1.41. The van der Waals surface area contributed by atoms with E-state index in [2.05, 4.69) is 21.2 Å². The van der Waals surface area contributed by atoms with Gasteiger partial charge in [0, 0.05) is 17.6 Å². The smallest absolute Gasteiger partial charge is 0.288 e. The summed E-state index contributed by atoms with van der Waals surface area (Å²) in [7, 11) is 0. The van der Waals surface area contributed by atoms with Crippen LogP contribution >= 0.6 is 27.7 Å². The topological polar surface area (TPSA) is 66.5 Å². The number of benzene rings is 1. The molecule has 1 N–H and O–H groups in total. The quantitative estimate of drug-likeness (QED) is 0.891. The van der Waals surface area contributed by atoms with Crippen molar-refractivity contribution < 1.29 is 18.8 Å². The molecule has 1 fully saturated rings. The second kappa shape index (κ2) is 6.36. The maximum absolute atomic E-state index is 13.5. The molecule has 1 heterocycles. The number of halogens is 2. The van der Waals surface area contributed by atoms with Crippen molar-refractivity contribution in [2.45, 2.75) is 0 Å². The molecule has 20 heavy (non-hydrogen) atoms. The number of rotatable bonds is 4. The summed E-state index contributed by atoms with van der Waals surface area (Å²) in [5.74, 6) is -1.36. The summed E-state index contributed by atoms with van der Waals surface area (Å²) in [6, 6.07) is 4.04. The standard InChI is InChI=1S/C12H10BrFN2O3S/c13-7-1-2-9(14)8(5-7)11(18)15-3-4-16-10(17)6-20-12(16)19/h1-2,5H,3-4,6H2,(H,15,18). The van der Waals surface area contributed by atoms with Crippen molar-refractivity contribution >= 4 is 44.7 Å². The molecule has 1 aliphatic rings. The lowest BCUT2D eigenvalue weighted by Gasteiger charge is -2.13. The molecule has 8 heteroatoms. The molecule has 0 unspecified atom stereocenters. The fourth-order valence-corrected chi connectivity index (χ4v) is 2.76. The largest absolute Gasteiger partial charge is 0.350 e. The van der Waals surface area contributed by atoms with E-state index in [9.17, 15) is 18.8 Å². The minimum absolute atomic E-state index is 0.0861. The van der Waals surface area contributed by atoms with E-state index in [0.717, 1.165) is 16.7 Å². The lowest BCUT2D eigenvalue weighted by Crippen LogP contribution is -2.37. The van der Waals surface area contributed by atoms with Gasteiger partial charge in [-0.1, -0.05) is 27.7 Å². The number of carbonyl (C=O) groups excluding carboxylic acids is 3. The van der Waals surface area contributed by atoms with E-state index in [0.29, 0.717) is 4.47 Å². The second-order valence-electron chi connectivity index (χ2n) is 3.98. The summed E-state index contributed by atoms with van der Waals surface area (Å²) < 4.78 is 14.1. The van der Waals surface area contributed by atoms with Crippen LogP contribution in [0.15, 0.2) is 22.7 Å². The van der Waals surface area contributed by atoms with E-state index >= 15 is 0 Å². The van der Waals surface area contributed by atoms with Crippen LogP contribution in [0, 0.1) is 5.82 Å². The van der Waals surface area contributed by atoms with Crippen LogP contribution in [0.25, 0.3) is 0 Å². The van der Waals surface area contributed by atoms with Crippen LogP contribution in [0.5, 0.6) is 0 Å². The zero-order valence-electron chi connectivity index (χ0n) is 10.2. The van der Waals surface area contributed by atoms with E-state index in [1.807, 2.05) is 0 Å². The number of hydrogen-bond acceptors (Lipinski definition) is 4. The van der Waals surface area contributed by atoms with Crippen LogP contribution in [-0.2, 0) is 4.79 Å². The molecule has 1 saturated heterocycles. The van der Waals surface area contributed by atoms with Crippen molar-refractivity contribution in [1.29, 1.82) is 0 Å².